The molecule has 0 aromatic heterocycles. The lowest BCUT2D eigenvalue weighted by molar-refractivity contribution is 0.183. The maximum absolute atomic E-state index is 12.8. The van der Waals surface area contributed by atoms with E-state index in [1.807, 2.05) is 6.92 Å². The lowest BCUT2D eigenvalue weighted by Crippen LogP contribution is -2.18. The second kappa shape index (κ2) is 5.32. The molecular weight excluding hydrogens is 249 g/mol. The Kier molecular flexibility index (Phi) is 4.35. The molecule has 1 atom stereocenters. The highest BCUT2D eigenvalue weighted by molar-refractivity contribution is 9.10. The Balaban J connectivity index is 2.62. The van der Waals surface area contributed by atoms with Crippen molar-refractivity contribution in [2.45, 2.75) is 19.4 Å². The van der Waals surface area contributed by atoms with Crippen LogP contribution in [0, 0.1) is 5.82 Å². The molecule has 0 fully saturated rings. The number of rotatable bonds is 4. The van der Waals surface area contributed by atoms with Crippen LogP contribution in [0.1, 0.15) is 13.3 Å². The van der Waals surface area contributed by atoms with Gasteiger partial charge in [0.05, 0.1) is 11.8 Å². The zero-order valence-electron chi connectivity index (χ0n) is 7.93. The van der Waals surface area contributed by atoms with Gasteiger partial charge in [0.15, 0.2) is 0 Å². The molecule has 0 aliphatic heterocycles. The van der Waals surface area contributed by atoms with Gasteiger partial charge in [-0.15, -0.1) is 0 Å². The highest BCUT2D eigenvalue weighted by Crippen LogP contribution is 2.22. The first kappa shape index (κ1) is 11.5. The normalized spacial score (nSPS) is 12.6. The van der Waals surface area contributed by atoms with Crippen LogP contribution in [-0.4, -0.2) is 17.8 Å². The van der Waals surface area contributed by atoms with Gasteiger partial charge in [0.1, 0.15) is 5.82 Å². The van der Waals surface area contributed by atoms with E-state index in [0.717, 1.165) is 4.47 Å². The summed E-state index contributed by atoms with van der Waals surface area (Å²) in [6, 6.07) is 4.41. The molecule has 1 aromatic rings. The van der Waals surface area contributed by atoms with Crippen molar-refractivity contribution in [3.8, 4) is 0 Å². The highest BCUT2D eigenvalue weighted by Gasteiger charge is 2.04. The Bertz CT molecular complexity index is 306. The van der Waals surface area contributed by atoms with Gasteiger partial charge >= 0.3 is 0 Å². The van der Waals surface area contributed by atoms with E-state index >= 15 is 0 Å². The summed E-state index contributed by atoms with van der Waals surface area (Å²) in [6.07, 6.45) is 0.282. The minimum Gasteiger partial charge on any atom is -0.391 e. The summed E-state index contributed by atoms with van der Waals surface area (Å²) in [5.74, 6) is -0.290. The van der Waals surface area contributed by atoms with Gasteiger partial charge in [-0.05, 0) is 40.5 Å². The summed E-state index contributed by atoms with van der Waals surface area (Å²) in [7, 11) is 0. The molecular formula is C10H13BrFNO. The number of halogens is 2. The molecule has 2 N–H and O–H groups in total. The predicted octanol–water partition coefficient (Wildman–Crippen LogP) is 2.77. The molecule has 2 nitrogen and oxygen atoms in total. The minimum atomic E-state index is -0.398. The van der Waals surface area contributed by atoms with Gasteiger partial charge in [-0.3, -0.25) is 0 Å². The Morgan fingerprint density at radius 3 is 2.93 bits per heavy atom. The van der Waals surface area contributed by atoms with Crippen LogP contribution in [0.2, 0.25) is 0 Å². The van der Waals surface area contributed by atoms with E-state index in [4.69, 9.17) is 0 Å². The smallest absolute Gasteiger partial charge is 0.125 e. The monoisotopic (exact) mass is 261 g/mol. The first-order valence-corrected chi connectivity index (χ1v) is 5.29. The number of anilines is 1. The third-order valence-corrected chi connectivity index (χ3v) is 2.62. The van der Waals surface area contributed by atoms with Crippen LogP contribution in [0.5, 0.6) is 0 Å². The molecule has 0 saturated carbocycles. The van der Waals surface area contributed by atoms with Crippen LogP contribution < -0.4 is 5.32 Å². The first-order valence-electron chi connectivity index (χ1n) is 4.50. The highest BCUT2D eigenvalue weighted by atomic mass is 79.9. The molecule has 4 heteroatoms. The van der Waals surface area contributed by atoms with Crippen molar-refractivity contribution >= 4 is 21.6 Å². The molecule has 0 bridgehead atoms. The van der Waals surface area contributed by atoms with Gasteiger partial charge in [-0.25, -0.2) is 4.39 Å². The summed E-state index contributed by atoms with van der Waals surface area (Å²) in [5, 5.41) is 12.3. The number of hydrogen-bond acceptors (Lipinski definition) is 2. The summed E-state index contributed by atoms with van der Waals surface area (Å²) in [4.78, 5) is 0. The standard InChI is InChI=1S/C10H13BrFNO/c1-2-8(14)6-13-10-5-7(12)3-4-9(10)11/h3-5,8,13-14H,2,6H2,1H3. The molecule has 1 aromatic carbocycles. The van der Waals surface area contributed by atoms with Crippen molar-refractivity contribution in [2.24, 2.45) is 0 Å². The quantitative estimate of drug-likeness (QED) is 0.874. The van der Waals surface area contributed by atoms with Gasteiger partial charge in [-0.1, -0.05) is 6.92 Å². The van der Waals surface area contributed by atoms with Crippen LogP contribution >= 0.6 is 15.9 Å². The third-order valence-electron chi connectivity index (χ3n) is 1.93. The SMILES string of the molecule is CCC(O)CNc1cc(F)ccc1Br. The average molecular weight is 262 g/mol. The molecule has 0 aliphatic rings. The number of benzene rings is 1. The van der Waals surface area contributed by atoms with E-state index in [1.54, 1.807) is 6.07 Å². The lowest BCUT2D eigenvalue weighted by atomic mass is 10.2. The van der Waals surface area contributed by atoms with Gasteiger partial charge in [-0.2, -0.15) is 0 Å². The molecule has 0 heterocycles. The Labute approximate surface area is 91.3 Å². The molecule has 0 radical (unpaired) electrons. The van der Waals surface area contributed by atoms with Crippen LogP contribution in [0.25, 0.3) is 0 Å². The largest absolute Gasteiger partial charge is 0.391 e. The maximum Gasteiger partial charge on any atom is 0.125 e. The van der Waals surface area contributed by atoms with Crippen LogP contribution in [0.3, 0.4) is 0 Å². The molecule has 1 rings (SSSR count). The fraction of sp³-hybridized carbons (Fsp3) is 0.400. The number of nitrogens with one attached hydrogen (secondary N) is 1. The molecule has 1 unspecified atom stereocenters. The Morgan fingerprint density at radius 2 is 2.29 bits per heavy atom. The van der Waals surface area contributed by atoms with Gasteiger partial charge in [0, 0.05) is 11.0 Å². The number of hydrogen-bond donors (Lipinski definition) is 2. The fourth-order valence-corrected chi connectivity index (χ4v) is 1.39. The van der Waals surface area contributed by atoms with E-state index in [9.17, 15) is 9.50 Å². The van der Waals surface area contributed by atoms with Crippen molar-refractivity contribution < 1.29 is 9.50 Å². The van der Waals surface area contributed by atoms with Crippen LogP contribution in [-0.2, 0) is 0 Å². The second-order valence-electron chi connectivity index (χ2n) is 3.07. The molecule has 78 valence electrons. The first-order chi connectivity index (χ1) is 6.63. The molecule has 0 saturated heterocycles. The number of aliphatic hydroxyl groups is 1. The lowest BCUT2D eigenvalue weighted by Gasteiger charge is -2.11. The topological polar surface area (TPSA) is 32.3 Å². The van der Waals surface area contributed by atoms with E-state index in [0.29, 0.717) is 18.7 Å². The zero-order chi connectivity index (χ0) is 10.6. The Morgan fingerprint density at radius 1 is 1.57 bits per heavy atom. The van der Waals surface area contributed by atoms with Gasteiger partial charge in [0.2, 0.25) is 0 Å². The van der Waals surface area contributed by atoms with Crippen molar-refractivity contribution in [3.63, 3.8) is 0 Å². The van der Waals surface area contributed by atoms with Crippen molar-refractivity contribution in [2.75, 3.05) is 11.9 Å². The van der Waals surface area contributed by atoms with Crippen molar-refractivity contribution in [3.05, 3.63) is 28.5 Å². The Hall–Kier alpha value is -0.610. The minimum absolute atomic E-state index is 0.290. The van der Waals surface area contributed by atoms with E-state index in [-0.39, 0.29) is 5.82 Å². The van der Waals surface area contributed by atoms with Crippen molar-refractivity contribution in [1.29, 1.82) is 0 Å². The molecule has 0 spiro atoms. The maximum atomic E-state index is 12.8. The van der Waals surface area contributed by atoms with Crippen LogP contribution in [0.4, 0.5) is 10.1 Å². The molecule has 14 heavy (non-hydrogen) atoms. The van der Waals surface area contributed by atoms with E-state index in [1.165, 1.54) is 12.1 Å². The summed E-state index contributed by atoms with van der Waals surface area (Å²) < 4.78 is 13.6. The van der Waals surface area contributed by atoms with E-state index < -0.39 is 6.10 Å². The predicted molar refractivity (Wildman–Crippen MR) is 58.9 cm³/mol. The summed E-state index contributed by atoms with van der Waals surface area (Å²) >= 11 is 3.29. The fourth-order valence-electron chi connectivity index (χ4n) is 1.01. The zero-order valence-corrected chi connectivity index (χ0v) is 9.51. The van der Waals surface area contributed by atoms with E-state index in [2.05, 4.69) is 21.2 Å². The van der Waals surface area contributed by atoms with Gasteiger partial charge < -0.3 is 10.4 Å². The average Bonchev–Trinajstić information content (AvgIpc) is 2.19. The molecule has 0 amide bonds. The van der Waals surface area contributed by atoms with Crippen molar-refractivity contribution in [1.82, 2.24) is 0 Å². The number of aliphatic hydroxyl groups excluding tert-OH is 1. The summed E-state index contributed by atoms with van der Waals surface area (Å²) in [6.45, 7) is 2.32. The van der Waals surface area contributed by atoms with Gasteiger partial charge in [0.25, 0.3) is 0 Å². The third kappa shape index (κ3) is 3.27. The molecule has 0 aliphatic carbocycles. The summed E-state index contributed by atoms with van der Waals surface area (Å²) in [5.41, 5.74) is 0.664. The van der Waals surface area contributed by atoms with Crippen LogP contribution in [0.15, 0.2) is 22.7 Å². The second-order valence-corrected chi connectivity index (χ2v) is 3.92.